The minimum Gasteiger partial charge on any atom is -0.298 e. The molecule has 0 saturated heterocycles. The maximum Gasteiger partial charge on any atom is 0.150 e. The molecule has 3 heteroatoms. The van der Waals surface area contributed by atoms with E-state index < -0.39 is 0 Å². The van der Waals surface area contributed by atoms with Gasteiger partial charge in [0.2, 0.25) is 0 Å². The molecule has 1 nitrogen and oxygen atoms in total. The molecule has 1 aliphatic rings. The van der Waals surface area contributed by atoms with E-state index in [1.54, 1.807) is 0 Å². The van der Waals surface area contributed by atoms with Crippen LogP contribution in [-0.2, 0) is 9.65 Å². The van der Waals surface area contributed by atoms with Gasteiger partial charge in [0.1, 0.15) is 9.52 Å². The van der Waals surface area contributed by atoms with Gasteiger partial charge in [-0.3, -0.25) is 4.79 Å². The number of hydrogen-bond acceptors (Lipinski definition) is 1. The average Bonchev–Trinajstić information content (AvgIpc) is 2.42. The molecule has 2 rings (SSSR count). The number of carbonyl (C=O) groups is 1. The molecule has 0 aromatic heterocycles. The molecule has 0 atom stereocenters. The van der Waals surface area contributed by atoms with Gasteiger partial charge in [0.25, 0.3) is 0 Å². The monoisotopic (exact) mass is 302 g/mol. The van der Waals surface area contributed by atoms with E-state index in [0.717, 1.165) is 24.7 Å². The molecule has 0 radical (unpaired) electrons. The van der Waals surface area contributed by atoms with Crippen molar-refractivity contribution in [3.63, 3.8) is 0 Å². The Hall–Kier alpha value is -0.150. The van der Waals surface area contributed by atoms with Gasteiger partial charge < -0.3 is 0 Å². The largest absolute Gasteiger partial charge is 0.298 e. The lowest BCUT2D eigenvalue weighted by atomic mass is 10.1. The Morgan fingerprint density at radius 1 is 1.38 bits per heavy atom. The average molecular weight is 304 g/mol. The van der Waals surface area contributed by atoms with Crippen molar-refractivity contribution in [2.24, 2.45) is 0 Å². The SMILES string of the molecule is O=Cc1ccc2c(c1)CCC2(Br)Br. The van der Waals surface area contributed by atoms with Gasteiger partial charge in [0.15, 0.2) is 0 Å². The second-order valence-corrected chi connectivity index (χ2v) is 7.01. The summed E-state index contributed by atoms with van der Waals surface area (Å²) < 4.78 is -0.0727. The van der Waals surface area contributed by atoms with Crippen LogP contribution in [0.4, 0.5) is 0 Å². The molecule has 0 bridgehead atoms. The van der Waals surface area contributed by atoms with Crippen molar-refractivity contribution in [2.45, 2.75) is 16.1 Å². The summed E-state index contributed by atoms with van der Waals surface area (Å²) in [5.74, 6) is 0. The van der Waals surface area contributed by atoms with E-state index in [2.05, 4.69) is 31.9 Å². The van der Waals surface area contributed by atoms with Crippen molar-refractivity contribution >= 4 is 38.1 Å². The lowest BCUT2D eigenvalue weighted by Crippen LogP contribution is -2.01. The van der Waals surface area contributed by atoms with Gasteiger partial charge in [-0.1, -0.05) is 44.0 Å². The highest BCUT2D eigenvalue weighted by molar-refractivity contribution is 9.24. The summed E-state index contributed by atoms with van der Waals surface area (Å²) in [5.41, 5.74) is 3.27. The van der Waals surface area contributed by atoms with E-state index in [0.29, 0.717) is 0 Å². The smallest absolute Gasteiger partial charge is 0.150 e. The van der Waals surface area contributed by atoms with Crippen molar-refractivity contribution in [3.8, 4) is 0 Å². The lowest BCUT2D eigenvalue weighted by Gasteiger charge is -2.13. The maximum absolute atomic E-state index is 10.5. The molecule has 0 unspecified atom stereocenters. The number of benzene rings is 1. The Bertz CT molecular complexity index is 358. The van der Waals surface area contributed by atoms with Gasteiger partial charge in [0, 0.05) is 5.56 Å². The molecule has 0 N–H and O–H groups in total. The zero-order valence-corrected chi connectivity index (χ0v) is 10.1. The van der Waals surface area contributed by atoms with E-state index in [1.165, 1.54) is 11.1 Å². The van der Waals surface area contributed by atoms with E-state index >= 15 is 0 Å². The molecule has 1 aromatic rings. The summed E-state index contributed by atoms with van der Waals surface area (Å²) in [4.78, 5) is 10.5. The Morgan fingerprint density at radius 2 is 2.15 bits per heavy atom. The molecular weight excluding hydrogens is 296 g/mol. The van der Waals surface area contributed by atoms with Crippen molar-refractivity contribution in [1.29, 1.82) is 0 Å². The number of aldehydes is 1. The molecule has 0 heterocycles. The second kappa shape index (κ2) is 3.21. The first-order valence-electron chi connectivity index (χ1n) is 4.10. The Kier molecular flexibility index (Phi) is 2.32. The van der Waals surface area contributed by atoms with Gasteiger partial charge >= 0.3 is 0 Å². The summed E-state index contributed by atoms with van der Waals surface area (Å²) >= 11 is 7.23. The van der Waals surface area contributed by atoms with E-state index in [4.69, 9.17) is 0 Å². The minimum absolute atomic E-state index is 0.0727. The zero-order valence-electron chi connectivity index (χ0n) is 6.89. The molecule has 0 aliphatic heterocycles. The Labute approximate surface area is 93.8 Å². The molecule has 0 fully saturated rings. The highest BCUT2D eigenvalue weighted by Gasteiger charge is 2.33. The van der Waals surface area contributed by atoms with Gasteiger partial charge in [-0.05, 0) is 30.0 Å². The number of carbonyl (C=O) groups excluding carboxylic acids is 1. The first kappa shape index (κ1) is 9.41. The fourth-order valence-electron chi connectivity index (χ4n) is 1.68. The second-order valence-electron chi connectivity index (χ2n) is 3.24. The number of hydrogen-bond donors (Lipinski definition) is 0. The quantitative estimate of drug-likeness (QED) is 0.574. The zero-order chi connectivity index (χ0) is 9.47. The van der Waals surface area contributed by atoms with Crippen molar-refractivity contribution in [3.05, 3.63) is 34.9 Å². The molecule has 68 valence electrons. The topological polar surface area (TPSA) is 17.1 Å². The normalized spacial score (nSPS) is 18.3. The van der Waals surface area contributed by atoms with Crippen molar-refractivity contribution < 1.29 is 4.79 Å². The number of rotatable bonds is 1. The summed E-state index contributed by atoms with van der Waals surface area (Å²) in [6.07, 6.45) is 2.95. The first-order valence-corrected chi connectivity index (χ1v) is 5.68. The van der Waals surface area contributed by atoms with E-state index in [-0.39, 0.29) is 3.23 Å². The van der Waals surface area contributed by atoms with Crippen molar-refractivity contribution in [2.75, 3.05) is 0 Å². The standard InChI is InChI=1S/C10H8Br2O/c11-10(12)4-3-8-5-7(6-13)1-2-9(8)10/h1-2,5-6H,3-4H2. The summed E-state index contributed by atoms with van der Waals surface area (Å²) in [6.45, 7) is 0. The van der Waals surface area contributed by atoms with Crippen LogP contribution in [0.1, 0.15) is 27.9 Å². The summed E-state index contributed by atoms with van der Waals surface area (Å²) in [7, 11) is 0. The number of aryl methyl sites for hydroxylation is 1. The molecule has 1 aromatic carbocycles. The summed E-state index contributed by atoms with van der Waals surface area (Å²) in [6, 6.07) is 5.83. The van der Waals surface area contributed by atoms with E-state index in [1.807, 2.05) is 18.2 Å². The van der Waals surface area contributed by atoms with Crippen LogP contribution in [0.5, 0.6) is 0 Å². The highest BCUT2D eigenvalue weighted by Crippen LogP contribution is 2.48. The van der Waals surface area contributed by atoms with Gasteiger partial charge in [-0.25, -0.2) is 0 Å². The Balaban J connectivity index is 2.52. The molecular formula is C10H8Br2O. The van der Waals surface area contributed by atoms with E-state index in [9.17, 15) is 4.79 Å². The van der Waals surface area contributed by atoms with Crippen LogP contribution >= 0.6 is 31.9 Å². The van der Waals surface area contributed by atoms with Gasteiger partial charge in [-0.2, -0.15) is 0 Å². The van der Waals surface area contributed by atoms with Crippen LogP contribution in [0.25, 0.3) is 0 Å². The van der Waals surface area contributed by atoms with Crippen LogP contribution in [0.2, 0.25) is 0 Å². The van der Waals surface area contributed by atoms with Crippen LogP contribution in [-0.4, -0.2) is 6.29 Å². The fourth-order valence-corrected chi connectivity index (χ4v) is 2.85. The molecule has 0 spiro atoms. The predicted molar refractivity (Wildman–Crippen MR) is 59.7 cm³/mol. The lowest BCUT2D eigenvalue weighted by molar-refractivity contribution is 0.112. The van der Waals surface area contributed by atoms with Crippen LogP contribution in [0.3, 0.4) is 0 Å². The third-order valence-electron chi connectivity index (χ3n) is 2.37. The summed E-state index contributed by atoms with van der Waals surface area (Å²) in [5, 5.41) is 0. The first-order chi connectivity index (χ1) is 6.13. The minimum atomic E-state index is -0.0727. The number of halogens is 2. The maximum atomic E-state index is 10.5. The van der Waals surface area contributed by atoms with Crippen LogP contribution in [0.15, 0.2) is 18.2 Å². The van der Waals surface area contributed by atoms with Crippen LogP contribution in [0, 0.1) is 0 Å². The molecule has 0 amide bonds. The fraction of sp³-hybridized carbons (Fsp3) is 0.300. The van der Waals surface area contributed by atoms with Gasteiger partial charge in [-0.15, -0.1) is 0 Å². The Morgan fingerprint density at radius 3 is 2.85 bits per heavy atom. The predicted octanol–water partition coefficient (Wildman–Crippen LogP) is 3.39. The molecule has 1 aliphatic carbocycles. The number of fused-ring (bicyclic) bond motifs is 1. The van der Waals surface area contributed by atoms with Crippen molar-refractivity contribution in [1.82, 2.24) is 0 Å². The third-order valence-corrected chi connectivity index (χ3v) is 4.02. The van der Waals surface area contributed by atoms with Crippen LogP contribution < -0.4 is 0 Å². The molecule has 0 saturated carbocycles. The highest BCUT2D eigenvalue weighted by atomic mass is 79.9. The number of alkyl halides is 2. The molecule has 13 heavy (non-hydrogen) atoms. The third kappa shape index (κ3) is 1.59. The van der Waals surface area contributed by atoms with Gasteiger partial charge in [0.05, 0.1) is 0 Å².